The molecule has 1 unspecified atom stereocenters. The first-order chi connectivity index (χ1) is 18.8. The topological polar surface area (TPSA) is 152 Å². The molecule has 0 radical (unpaired) electrons. The van der Waals surface area contributed by atoms with E-state index in [1.165, 1.54) is 6.92 Å². The van der Waals surface area contributed by atoms with Crippen molar-refractivity contribution in [2.45, 2.75) is 44.8 Å². The number of aryl methyl sites for hydroxylation is 1. The van der Waals surface area contributed by atoms with Gasteiger partial charge in [0, 0.05) is 18.8 Å². The van der Waals surface area contributed by atoms with Crippen LogP contribution in [0.1, 0.15) is 37.8 Å². The molecule has 0 spiro atoms. The van der Waals surface area contributed by atoms with Crippen LogP contribution in [0.25, 0.3) is 11.0 Å². The molecule has 3 N–H and O–H groups in total. The quantitative estimate of drug-likeness (QED) is 0.234. The number of para-hydroxylation sites is 1. The number of nitrogens with zero attached hydrogens (tertiary/aromatic N) is 3. The van der Waals surface area contributed by atoms with Crippen molar-refractivity contribution in [3.63, 3.8) is 0 Å². The van der Waals surface area contributed by atoms with Gasteiger partial charge in [0.25, 0.3) is 0 Å². The van der Waals surface area contributed by atoms with Crippen LogP contribution in [0, 0.1) is 11.8 Å². The van der Waals surface area contributed by atoms with Crippen molar-refractivity contribution in [2.75, 3.05) is 6.67 Å². The summed E-state index contributed by atoms with van der Waals surface area (Å²) in [5.41, 5.74) is 2.16. The van der Waals surface area contributed by atoms with Crippen molar-refractivity contribution >= 4 is 40.4 Å². The Hall–Kier alpha value is -4.48. The van der Waals surface area contributed by atoms with Crippen molar-refractivity contribution in [3.05, 3.63) is 60.2 Å². The molecule has 4 atom stereocenters. The Kier molecular flexibility index (Phi) is 8.74. The van der Waals surface area contributed by atoms with E-state index in [4.69, 9.17) is 0 Å². The fraction of sp³-hybridized carbons (Fsp3) is 0.370. The number of nitrogens with one attached hydrogen (secondary N) is 3. The first kappa shape index (κ1) is 27.6. The van der Waals surface area contributed by atoms with Crippen LogP contribution in [0.4, 0.5) is 4.39 Å². The van der Waals surface area contributed by atoms with Gasteiger partial charge in [0.2, 0.25) is 23.6 Å². The van der Waals surface area contributed by atoms with E-state index in [0.29, 0.717) is 11.1 Å². The van der Waals surface area contributed by atoms with E-state index in [9.17, 15) is 28.4 Å². The summed E-state index contributed by atoms with van der Waals surface area (Å²) in [7, 11) is 0. The van der Waals surface area contributed by atoms with E-state index < -0.39 is 54.1 Å². The zero-order valence-electron chi connectivity index (χ0n) is 21.3. The van der Waals surface area contributed by atoms with Gasteiger partial charge in [-0.05, 0) is 17.7 Å². The number of carbonyl (C=O) groups excluding carboxylic acids is 5. The Labute approximate surface area is 223 Å². The molecule has 2 heterocycles. The molecule has 3 aromatic rings. The lowest BCUT2D eigenvalue weighted by molar-refractivity contribution is -0.136. The number of benzene rings is 2. The predicted octanol–water partition coefficient (Wildman–Crippen LogP) is 1.39. The highest BCUT2D eigenvalue weighted by molar-refractivity contribution is 6.15. The summed E-state index contributed by atoms with van der Waals surface area (Å²) < 4.78 is 15.2. The average Bonchev–Trinajstić information content (AvgIpc) is 3.51. The number of imide groups is 1. The van der Waals surface area contributed by atoms with E-state index in [2.05, 4.69) is 26.3 Å². The number of hydrogen-bond acceptors (Lipinski definition) is 7. The third-order valence-electron chi connectivity index (χ3n) is 6.65. The fourth-order valence-corrected chi connectivity index (χ4v) is 4.49. The van der Waals surface area contributed by atoms with Gasteiger partial charge in [-0.1, -0.05) is 54.6 Å². The molecule has 0 aliphatic carbocycles. The van der Waals surface area contributed by atoms with Gasteiger partial charge in [0.15, 0.2) is 5.78 Å². The lowest BCUT2D eigenvalue weighted by Gasteiger charge is -2.25. The van der Waals surface area contributed by atoms with E-state index in [-0.39, 0.29) is 31.7 Å². The van der Waals surface area contributed by atoms with Crippen molar-refractivity contribution in [1.29, 1.82) is 0 Å². The summed E-state index contributed by atoms with van der Waals surface area (Å²) in [6.45, 7) is 0.781. The number of aromatic nitrogens is 3. The molecule has 204 valence electrons. The number of hydrogen-bond donors (Lipinski definition) is 3. The van der Waals surface area contributed by atoms with Crippen LogP contribution < -0.4 is 16.0 Å². The van der Waals surface area contributed by atoms with Gasteiger partial charge in [-0.2, -0.15) is 0 Å². The Morgan fingerprint density at radius 3 is 2.46 bits per heavy atom. The molecule has 1 aliphatic heterocycles. The molecule has 4 amide bonds. The number of Topliss-reactive ketones (excluding diaryl/α,β-unsaturated/α-hetero) is 1. The minimum Gasteiger partial charge on any atom is -0.349 e. The third kappa shape index (κ3) is 6.70. The number of ketones is 1. The molecule has 1 fully saturated rings. The number of alkyl halides is 1. The number of rotatable bonds is 12. The smallest absolute Gasteiger partial charge is 0.237 e. The Balaban J connectivity index is 1.43. The minimum atomic E-state index is -1.31. The first-order valence-corrected chi connectivity index (χ1v) is 12.6. The lowest BCUT2D eigenvalue weighted by atomic mass is 9.89. The maximum Gasteiger partial charge on any atom is 0.237 e. The third-order valence-corrected chi connectivity index (χ3v) is 6.65. The number of halogens is 1. The summed E-state index contributed by atoms with van der Waals surface area (Å²) in [5.74, 6) is -5.23. The molecule has 0 saturated carbocycles. The second-order valence-corrected chi connectivity index (χ2v) is 9.53. The normalized spacial score (nSPS) is 17.3. The van der Waals surface area contributed by atoms with Gasteiger partial charge in [0.1, 0.15) is 11.4 Å². The van der Waals surface area contributed by atoms with Gasteiger partial charge in [-0.15, -0.1) is 5.10 Å². The van der Waals surface area contributed by atoms with Crippen molar-refractivity contribution in [2.24, 2.45) is 11.8 Å². The fourth-order valence-electron chi connectivity index (χ4n) is 4.49. The van der Waals surface area contributed by atoms with Gasteiger partial charge in [0.05, 0.1) is 37.2 Å². The van der Waals surface area contributed by atoms with Crippen molar-refractivity contribution in [3.8, 4) is 0 Å². The van der Waals surface area contributed by atoms with Gasteiger partial charge < -0.3 is 10.6 Å². The molecule has 1 aliphatic rings. The van der Waals surface area contributed by atoms with Crippen LogP contribution in [0.5, 0.6) is 0 Å². The summed E-state index contributed by atoms with van der Waals surface area (Å²) in [6, 6.07) is 14.2. The molecule has 11 nitrogen and oxygen atoms in total. The van der Waals surface area contributed by atoms with Crippen LogP contribution >= 0.6 is 0 Å². The SMILES string of the molecule is CC(CF)[C@@H](NC(=O)C[C@H](NC(=O)CCn1nnc2ccccc21)c1ccccc1)C(=O)[C@H]1CC(=O)NC1=O. The highest BCUT2D eigenvalue weighted by Crippen LogP contribution is 2.21. The molecular formula is C27H29FN6O5. The maximum absolute atomic E-state index is 13.6. The monoisotopic (exact) mass is 536 g/mol. The molecule has 0 bridgehead atoms. The molecule has 2 aromatic carbocycles. The summed E-state index contributed by atoms with van der Waals surface area (Å²) in [6.07, 6.45) is -0.503. The Bertz CT molecular complexity index is 1380. The van der Waals surface area contributed by atoms with Crippen LogP contribution in [-0.2, 0) is 30.5 Å². The highest BCUT2D eigenvalue weighted by Gasteiger charge is 2.41. The zero-order valence-corrected chi connectivity index (χ0v) is 21.3. The van der Waals surface area contributed by atoms with Gasteiger partial charge in [-0.25, -0.2) is 4.68 Å². The second-order valence-electron chi connectivity index (χ2n) is 9.53. The minimum absolute atomic E-state index is 0.0725. The van der Waals surface area contributed by atoms with E-state index in [1.54, 1.807) is 35.0 Å². The lowest BCUT2D eigenvalue weighted by Crippen LogP contribution is -2.50. The van der Waals surface area contributed by atoms with Gasteiger partial charge in [-0.3, -0.25) is 33.7 Å². The van der Waals surface area contributed by atoms with E-state index >= 15 is 0 Å². The average molecular weight is 537 g/mol. The summed E-state index contributed by atoms with van der Waals surface area (Å²) >= 11 is 0. The predicted molar refractivity (Wildman–Crippen MR) is 137 cm³/mol. The Morgan fingerprint density at radius 2 is 1.77 bits per heavy atom. The molecule has 1 saturated heterocycles. The highest BCUT2D eigenvalue weighted by atomic mass is 19.1. The standard InChI is InChI=1S/C27H29FN6O5/c1-16(15-28)25(26(38)18-13-23(36)31-27(18)39)30-24(37)14-20(17-7-3-2-4-8-17)29-22(35)11-12-34-21-10-6-5-9-19(21)32-33-34/h2-10,16,18,20,25H,11-15H2,1H3,(H,29,35)(H,30,37)(H,31,36,39)/t16?,18-,20+,25-/m1/s1. The number of fused-ring (bicyclic) bond motifs is 1. The zero-order chi connectivity index (χ0) is 27.9. The summed E-state index contributed by atoms with van der Waals surface area (Å²) in [5, 5.41) is 15.6. The van der Waals surface area contributed by atoms with Crippen LogP contribution in [-0.4, -0.2) is 57.1 Å². The first-order valence-electron chi connectivity index (χ1n) is 12.6. The van der Waals surface area contributed by atoms with E-state index in [0.717, 1.165) is 5.52 Å². The summed E-state index contributed by atoms with van der Waals surface area (Å²) in [4.78, 5) is 62.5. The van der Waals surface area contributed by atoms with Gasteiger partial charge >= 0.3 is 0 Å². The van der Waals surface area contributed by atoms with Crippen LogP contribution in [0.15, 0.2) is 54.6 Å². The number of carbonyl (C=O) groups is 5. The van der Waals surface area contributed by atoms with Crippen LogP contribution in [0.3, 0.4) is 0 Å². The Morgan fingerprint density at radius 1 is 1.05 bits per heavy atom. The molecular weight excluding hydrogens is 507 g/mol. The maximum atomic E-state index is 13.6. The molecule has 12 heteroatoms. The molecule has 1 aromatic heterocycles. The van der Waals surface area contributed by atoms with E-state index in [1.807, 2.05) is 24.3 Å². The second kappa shape index (κ2) is 12.4. The largest absolute Gasteiger partial charge is 0.349 e. The van der Waals surface area contributed by atoms with Crippen molar-refractivity contribution in [1.82, 2.24) is 30.9 Å². The van der Waals surface area contributed by atoms with Crippen molar-refractivity contribution < 1.29 is 28.4 Å². The molecule has 4 rings (SSSR count). The number of amides is 4. The molecule has 39 heavy (non-hydrogen) atoms. The van der Waals surface area contributed by atoms with Crippen LogP contribution in [0.2, 0.25) is 0 Å².